The van der Waals surface area contributed by atoms with Gasteiger partial charge in [0.2, 0.25) is 5.91 Å². The number of carbonyl (C=O) groups is 4. The predicted molar refractivity (Wildman–Crippen MR) is 162 cm³/mol. The number of hydrogen-bond acceptors (Lipinski definition) is 10. The van der Waals surface area contributed by atoms with Crippen molar-refractivity contribution in [3.63, 3.8) is 0 Å². The molecule has 2 amide bonds. The number of carbonyl (C=O) groups excluding carboxylic acids is 4. The quantitative estimate of drug-likeness (QED) is 0.165. The van der Waals surface area contributed by atoms with Crippen LogP contribution in [0.1, 0.15) is 101 Å². The van der Waals surface area contributed by atoms with Crippen molar-refractivity contribution in [2.24, 2.45) is 5.92 Å². The number of unbranched alkanes of at least 4 members (excludes halogenated alkanes) is 4. The number of rotatable bonds is 11. The first-order valence-corrected chi connectivity index (χ1v) is 16.3. The van der Waals surface area contributed by atoms with E-state index in [2.05, 4.69) is 27.9 Å². The Morgan fingerprint density at radius 1 is 1.24 bits per heavy atom. The lowest BCUT2D eigenvalue weighted by atomic mass is 9.98. The molecule has 3 atom stereocenters. The molecule has 3 unspecified atom stereocenters. The highest BCUT2D eigenvalue weighted by atomic mass is 32.2. The average molecular weight is 611 g/mol. The van der Waals surface area contributed by atoms with Crippen LogP contribution in [0.2, 0.25) is 0 Å². The third-order valence-corrected chi connectivity index (χ3v) is 8.45. The monoisotopic (exact) mass is 610 g/mol. The highest BCUT2D eigenvalue weighted by molar-refractivity contribution is 8.13. The SMILES string of the molecule is CCCCCCCC(=O)SCCC=CC1CC(=O)NCc2nc(cs2)C(=O)NC(C)(C)C(O)NC(C(C)C)C(=O)O1. The molecule has 0 spiro atoms. The molecule has 41 heavy (non-hydrogen) atoms. The van der Waals surface area contributed by atoms with E-state index in [4.69, 9.17) is 4.74 Å². The standard InChI is InChI=1S/C29H46N4O6S2/c1-6-7-8-9-10-14-24(35)40-15-12-11-13-20-16-22(34)30-17-23-31-21(18-41-23)26(36)33-29(4,5)28(38)32-25(19(2)3)27(37)39-20/h11,13,18-20,25,28,32,38H,6-10,12,14-17H2,1-5H3,(H,30,34)(H,33,36). The third-order valence-electron chi connectivity index (χ3n) is 6.64. The summed E-state index contributed by atoms with van der Waals surface area (Å²) >= 11 is 2.54. The first-order valence-electron chi connectivity index (χ1n) is 14.4. The lowest BCUT2D eigenvalue weighted by molar-refractivity contribution is -0.153. The Bertz CT molecular complexity index is 1040. The molecular weight excluding hydrogens is 564 g/mol. The summed E-state index contributed by atoms with van der Waals surface area (Å²) in [5.41, 5.74) is -0.955. The van der Waals surface area contributed by atoms with Crippen LogP contribution in [0.3, 0.4) is 0 Å². The summed E-state index contributed by atoms with van der Waals surface area (Å²) in [5.74, 6) is -1.09. The average Bonchev–Trinajstić information content (AvgIpc) is 3.38. The number of amides is 2. The number of hydrogen-bond donors (Lipinski definition) is 4. The van der Waals surface area contributed by atoms with E-state index in [1.165, 1.54) is 35.9 Å². The van der Waals surface area contributed by atoms with E-state index in [1.807, 2.05) is 19.9 Å². The predicted octanol–water partition coefficient (Wildman–Crippen LogP) is 4.08. The Balaban J connectivity index is 2.09. The molecule has 0 saturated carbocycles. The number of cyclic esters (lactones) is 1. The van der Waals surface area contributed by atoms with E-state index in [0.29, 0.717) is 23.6 Å². The molecule has 2 heterocycles. The van der Waals surface area contributed by atoms with Crippen molar-refractivity contribution in [1.82, 2.24) is 20.9 Å². The second-order valence-corrected chi connectivity index (χ2v) is 13.2. The molecule has 12 heteroatoms. The smallest absolute Gasteiger partial charge is 0.324 e. The molecule has 230 valence electrons. The fourth-order valence-corrected chi connectivity index (χ4v) is 5.55. The largest absolute Gasteiger partial charge is 0.456 e. The van der Waals surface area contributed by atoms with E-state index in [0.717, 1.165) is 19.3 Å². The topological polar surface area (TPSA) is 147 Å². The maximum atomic E-state index is 13.2. The number of thiazole rings is 1. The van der Waals surface area contributed by atoms with Gasteiger partial charge in [0.05, 0.1) is 18.5 Å². The molecule has 2 bridgehead atoms. The molecule has 1 aliphatic rings. The highest BCUT2D eigenvalue weighted by Crippen LogP contribution is 2.17. The highest BCUT2D eigenvalue weighted by Gasteiger charge is 2.36. The van der Waals surface area contributed by atoms with Crippen LogP contribution in [0, 0.1) is 5.92 Å². The van der Waals surface area contributed by atoms with Gasteiger partial charge in [0.15, 0.2) is 5.12 Å². The first kappa shape index (κ1) is 34.9. The Kier molecular flexibility index (Phi) is 15.0. The normalized spacial score (nSPS) is 22.4. The number of allylic oxidation sites excluding steroid dienone is 1. The Morgan fingerprint density at radius 3 is 2.68 bits per heavy atom. The fourth-order valence-electron chi connectivity index (χ4n) is 4.07. The summed E-state index contributed by atoms with van der Waals surface area (Å²) in [7, 11) is 0. The summed E-state index contributed by atoms with van der Waals surface area (Å²) in [6, 6.07) is -0.899. The summed E-state index contributed by atoms with van der Waals surface area (Å²) in [6.07, 6.45) is 7.97. The molecule has 2 rings (SSSR count). The zero-order valence-corrected chi connectivity index (χ0v) is 26.5. The molecule has 1 aliphatic heterocycles. The minimum atomic E-state index is -1.28. The van der Waals surface area contributed by atoms with Crippen LogP contribution in [0.5, 0.6) is 0 Å². The van der Waals surface area contributed by atoms with Crippen LogP contribution >= 0.6 is 23.1 Å². The number of thioether (sulfide) groups is 1. The van der Waals surface area contributed by atoms with E-state index >= 15 is 0 Å². The van der Waals surface area contributed by atoms with Gasteiger partial charge < -0.3 is 20.5 Å². The molecule has 1 aromatic heterocycles. The molecule has 0 radical (unpaired) electrons. The van der Waals surface area contributed by atoms with E-state index < -0.39 is 35.8 Å². The molecule has 0 aliphatic carbocycles. The van der Waals surface area contributed by atoms with Gasteiger partial charge in [-0.1, -0.05) is 64.3 Å². The van der Waals surface area contributed by atoms with E-state index in [1.54, 1.807) is 25.3 Å². The summed E-state index contributed by atoms with van der Waals surface area (Å²) < 4.78 is 5.74. The zero-order chi connectivity index (χ0) is 30.4. The number of fused-ring (bicyclic) bond motifs is 2. The van der Waals surface area contributed by atoms with Crippen molar-refractivity contribution in [3.05, 3.63) is 28.2 Å². The number of aromatic nitrogens is 1. The van der Waals surface area contributed by atoms with Crippen molar-refractivity contribution in [2.45, 2.75) is 116 Å². The first-order chi connectivity index (χ1) is 19.4. The van der Waals surface area contributed by atoms with Gasteiger partial charge in [0.1, 0.15) is 29.1 Å². The van der Waals surface area contributed by atoms with Gasteiger partial charge in [0.25, 0.3) is 5.91 Å². The summed E-state index contributed by atoms with van der Waals surface area (Å²) in [6.45, 7) is 9.19. The van der Waals surface area contributed by atoms with Crippen LogP contribution in [-0.2, 0) is 25.7 Å². The van der Waals surface area contributed by atoms with Crippen molar-refractivity contribution in [1.29, 1.82) is 0 Å². The van der Waals surface area contributed by atoms with Crippen LogP contribution in [0.25, 0.3) is 0 Å². The van der Waals surface area contributed by atoms with Crippen LogP contribution in [-0.4, -0.2) is 62.7 Å². The Labute approximate surface area is 251 Å². The van der Waals surface area contributed by atoms with Crippen LogP contribution < -0.4 is 16.0 Å². The maximum absolute atomic E-state index is 13.2. The molecule has 10 nitrogen and oxygen atoms in total. The second kappa shape index (κ2) is 17.6. The van der Waals surface area contributed by atoms with Crippen molar-refractivity contribution < 1.29 is 29.0 Å². The lowest BCUT2D eigenvalue weighted by Crippen LogP contribution is -2.61. The minimum Gasteiger partial charge on any atom is -0.456 e. The maximum Gasteiger partial charge on any atom is 0.324 e. The van der Waals surface area contributed by atoms with Crippen LogP contribution in [0.4, 0.5) is 0 Å². The number of esters is 1. The zero-order valence-electron chi connectivity index (χ0n) is 24.9. The molecule has 4 N–H and O–H groups in total. The van der Waals surface area contributed by atoms with Crippen LogP contribution in [0.15, 0.2) is 17.5 Å². The van der Waals surface area contributed by atoms with E-state index in [-0.39, 0.29) is 35.6 Å². The molecule has 0 saturated heterocycles. The number of nitrogens with zero attached hydrogens (tertiary/aromatic N) is 1. The lowest BCUT2D eigenvalue weighted by Gasteiger charge is -2.35. The fraction of sp³-hybridized carbons (Fsp3) is 0.690. The number of nitrogens with one attached hydrogen (secondary N) is 3. The Hall–Kier alpha value is -2.28. The van der Waals surface area contributed by atoms with Gasteiger partial charge in [-0.2, -0.15) is 0 Å². The number of aliphatic hydroxyl groups is 1. The molecular formula is C29H46N4O6S2. The van der Waals surface area contributed by atoms with Gasteiger partial charge >= 0.3 is 5.97 Å². The van der Waals surface area contributed by atoms with Crippen molar-refractivity contribution in [3.8, 4) is 0 Å². The van der Waals surface area contributed by atoms with Gasteiger partial charge in [-0.05, 0) is 38.7 Å². The van der Waals surface area contributed by atoms with Gasteiger partial charge in [0, 0.05) is 17.6 Å². The Morgan fingerprint density at radius 2 is 1.98 bits per heavy atom. The van der Waals surface area contributed by atoms with Gasteiger partial charge in [-0.25, -0.2) is 4.98 Å². The van der Waals surface area contributed by atoms with Crippen molar-refractivity contribution in [2.75, 3.05) is 5.75 Å². The number of ether oxygens (including phenoxy) is 1. The van der Waals surface area contributed by atoms with E-state index in [9.17, 15) is 24.3 Å². The van der Waals surface area contributed by atoms with Crippen molar-refractivity contribution >= 4 is 46.0 Å². The van der Waals surface area contributed by atoms with Gasteiger partial charge in [-0.3, -0.25) is 24.5 Å². The second-order valence-electron chi connectivity index (χ2n) is 11.2. The molecule has 0 fully saturated rings. The summed E-state index contributed by atoms with van der Waals surface area (Å²) in [4.78, 5) is 55.1. The molecule has 1 aromatic rings. The third kappa shape index (κ3) is 12.6. The number of aliphatic hydroxyl groups excluding tert-OH is 1. The minimum absolute atomic E-state index is 0.107. The summed E-state index contributed by atoms with van der Waals surface area (Å²) in [5, 5.41) is 21.7. The molecule has 0 aromatic carbocycles. The van der Waals surface area contributed by atoms with Gasteiger partial charge in [-0.15, -0.1) is 11.3 Å².